The van der Waals surface area contributed by atoms with Crippen LogP contribution in [0.1, 0.15) is 12.8 Å². The second-order valence-electron chi connectivity index (χ2n) is 2.90. The highest BCUT2D eigenvalue weighted by atomic mass is 16.4. The van der Waals surface area contributed by atoms with Gasteiger partial charge in [0, 0.05) is 0 Å². The Hall–Kier alpha value is -1.10. The minimum absolute atomic E-state index is 0.0394. The van der Waals surface area contributed by atoms with E-state index in [0.717, 1.165) is 0 Å². The molecule has 0 spiro atoms. The van der Waals surface area contributed by atoms with Gasteiger partial charge >= 0.3 is 11.9 Å². The van der Waals surface area contributed by atoms with Gasteiger partial charge in [0.15, 0.2) is 0 Å². The van der Waals surface area contributed by atoms with Crippen LogP contribution in [0.25, 0.3) is 0 Å². The van der Waals surface area contributed by atoms with E-state index in [0.29, 0.717) is 0 Å². The maximum absolute atomic E-state index is 10.4. The summed E-state index contributed by atoms with van der Waals surface area (Å²) in [7, 11) is 0. The molecule has 1 aliphatic carbocycles. The van der Waals surface area contributed by atoms with Gasteiger partial charge in [0.25, 0.3) is 0 Å². The maximum atomic E-state index is 10.4. The van der Waals surface area contributed by atoms with Crippen LogP contribution in [0.2, 0.25) is 0 Å². The fraction of sp³-hybridized carbons (Fsp3) is 0.667. The van der Waals surface area contributed by atoms with Crippen LogP contribution in [0.5, 0.6) is 0 Å². The average molecular weight is 159 g/mol. The molecule has 0 amide bonds. The van der Waals surface area contributed by atoms with Crippen LogP contribution < -0.4 is 5.73 Å². The maximum Gasteiger partial charge on any atom is 0.323 e. The van der Waals surface area contributed by atoms with Gasteiger partial charge in [0.1, 0.15) is 5.54 Å². The lowest BCUT2D eigenvalue weighted by Gasteiger charge is -2.38. The average Bonchev–Trinajstić information content (AvgIpc) is 1.79. The number of carboxylic acid groups (broad SMARTS) is 2. The van der Waals surface area contributed by atoms with E-state index in [2.05, 4.69) is 0 Å². The molecule has 1 rings (SSSR count). The van der Waals surface area contributed by atoms with E-state index in [-0.39, 0.29) is 12.8 Å². The zero-order valence-corrected chi connectivity index (χ0v) is 5.78. The fourth-order valence-electron chi connectivity index (χ4n) is 1.17. The zero-order chi connectivity index (χ0) is 8.65. The van der Waals surface area contributed by atoms with Gasteiger partial charge in [-0.1, -0.05) is 0 Å². The van der Waals surface area contributed by atoms with Gasteiger partial charge in [-0.05, 0) is 12.8 Å². The Balaban J connectivity index is 2.50. The molecular weight excluding hydrogens is 150 g/mol. The highest BCUT2D eigenvalue weighted by Crippen LogP contribution is 2.35. The fourth-order valence-corrected chi connectivity index (χ4v) is 1.17. The van der Waals surface area contributed by atoms with Crippen molar-refractivity contribution in [2.75, 3.05) is 0 Å². The van der Waals surface area contributed by atoms with Crippen molar-refractivity contribution >= 4 is 11.9 Å². The lowest BCUT2D eigenvalue weighted by Crippen LogP contribution is -2.59. The first-order valence-electron chi connectivity index (χ1n) is 3.21. The molecule has 5 nitrogen and oxygen atoms in total. The summed E-state index contributed by atoms with van der Waals surface area (Å²) in [6.45, 7) is 0. The first-order chi connectivity index (χ1) is 4.96. The molecule has 0 radical (unpaired) electrons. The monoisotopic (exact) mass is 159 g/mol. The normalized spacial score (nSPS) is 35.9. The van der Waals surface area contributed by atoms with E-state index in [1.807, 2.05) is 0 Å². The molecule has 5 heteroatoms. The molecule has 1 saturated carbocycles. The summed E-state index contributed by atoms with van der Waals surface area (Å²) in [6.07, 6.45) is 0.0787. The quantitative estimate of drug-likeness (QED) is 0.492. The van der Waals surface area contributed by atoms with Crippen molar-refractivity contribution in [3.8, 4) is 0 Å². The summed E-state index contributed by atoms with van der Waals surface area (Å²) in [5.74, 6) is -2.65. The van der Waals surface area contributed by atoms with Crippen molar-refractivity contribution in [1.82, 2.24) is 0 Å². The number of nitrogens with two attached hydrogens (primary N) is 1. The predicted octanol–water partition coefficient (Wildman–Crippen LogP) is -0.737. The molecule has 0 unspecified atom stereocenters. The second-order valence-corrected chi connectivity index (χ2v) is 2.90. The van der Waals surface area contributed by atoms with E-state index < -0.39 is 23.4 Å². The molecule has 0 aromatic heterocycles. The van der Waals surface area contributed by atoms with E-state index in [9.17, 15) is 9.59 Å². The first kappa shape index (κ1) is 8.00. The summed E-state index contributed by atoms with van der Waals surface area (Å²) in [5, 5.41) is 16.9. The zero-order valence-electron chi connectivity index (χ0n) is 5.78. The van der Waals surface area contributed by atoms with Crippen molar-refractivity contribution in [3.05, 3.63) is 0 Å². The second kappa shape index (κ2) is 2.20. The smallest absolute Gasteiger partial charge is 0.323 e. The molecule has 62 valence electrons. The lowest BCUT2D eigenvalue weighted by atomic mass is 9.69. The molecule has 4 N–H and O–H groups in total. The minimum Gasteiger partial charge on any atom is -0.481 e. The molecule has 0 heterocycles. The Kier molecular flexibility index (Phi) is 1.60. The van der Waals surface area contributed by atoms with Crippen LogP contribution in [0, 0.1) is 5.92 Å². The minimum atomic E-state index is -1.29. The molecule has 0 saturated heterocycles. The number of hydrogen-bond donors (Lipinski definition) is 3. The molecule has 0 bridgehead atoms. The molecule has 0 aromatic carbocycles. The molecule has 0 aromatic rings. The van der Waals surface area contributed by atoms with Crippen molar-refractivity contribution in [1.29, 1.82) is 0 Å². The largest absolute Gasteiger partial charge is 0.481 e. The molecule has 11 heavy (non-hydrogen) atoms. The third kappa shape index (κ3) is 1.19. The van der Waals surface area contributed by atoms with Gasteiger partial charge in [-0.3, -0.25) is 9.59 Å². The standard InChI is InChI=1S/C6H9NO4/c7-6(5(10)11)1-3(2-6)4(8)9/h3H,1-2,7H2,(H,8,9)(H,10,11)/t3-,6+. The summed E-state index contributed by atoms with van der Waals surface area (Å²) in [5.41, 5.74) is 4.02. The van der Waals surface area contributed by atoms with E-state index in [4.69, 9.17) is 15.9 Å². The van der Waals surface area contributed by atoms with Crippen LogP contribution in [0.4, 0.5) is 0 Å². The van der Waals surface area contributed by atoms with E-state index in [1.165, 1.54) is 0 Å². The van der Waals surface area contributed by atoms with Crippen molar-refractivity contribution in [2.45, 2.75) is 18.4 Å². The molecule has 0 atom stereocenters. The third-order valence-corrected chi connectivity index (χ3v) is 2.00. The van der Waals surface area contributed by atoms with Gasteiger partial charge in [0.05, 0.1) is 5.92 Å². The number of rotatable bonds is 2. The lowest BCUT2D eigenvalue weighted by molar-refractivity contribution is -0.156. The summed E-state index contributed by atoms with van der Waals surface area (Å²) >= 11 is 0. The SMILES string of the molecule is N[C@]1(C(=O)O)C[C@H](C(=O)O)C1. The van der Waals surface area contributed by atoms with Gasteiger partial charge in [-0.15, -0.1) is 0 Å². The number of hydrogen-bond acceptors (Lipinski definition) is 3. The van der Waals surface area contributed by atoms with Gasteiger partial charge in [-0.25, -0.2) is 0 Å². The van der Waals surface area contributed by atoms with Crippen LogP contribution in [-0.4, -0.2) is 27.7 Å². The predicted molar refractivity (Wildman–Crippen MR) is 34.9 cm³/mol. The van der Waals surface area contributed by atoms with Crippen LogP contribution in [-0.2, 0) is 9.59 Å². The Morgan fingerprint density at radius 2 is 1.82 bits per heavy atom. The Labute approximate surface area is 62.8 Å². The third-order valence-electron chi connectivity index (χ3n) is 2.00. The van der Waals surface area contributed by atoms with Gasteiger partial charge in [0.2, 0.25) is 0 Å². The Morgan fingerprint density at radius 3 is 2.09 bits per heavy atom. The van der Waals surface area contributed by atoms with E-state index >= 15 is 0 Å². The van der Waals surface area contributed by atoms with E-state index in [1.54, 1.807) is 0 Å². The highest BCUT2D eigenvalue weighted by Gasteiger charge is 2.50. The molecular formula is C6H9NO4. The molecule has 0 aliphatic heterocycles. The van der Waals surface area contributed by atoms with Gasteiger partial charge in [-0.2, -0.15) is 0 Å². The highest BCUT2D eigenvalue weighted by molar-refractivity contribution is 5.84. The first-order valence-corrected chi connectivity index (χ1v) is 3.21. The van der Waals surface area contributed by atoms with Gasteiger partial charge < -0.3 is 15.9 Å². The Morgan fingerprint density at radius 1 is 1.36 bits per heavy atom. The van der Waals surface area contributed by atoms with Crippen LogP contribution >= 0.6 is 0 Å². The number of carbonyl (C=O) groups is 2. The Bertz CT molecular complexity index is 207. The van der Waals surface area contributed by atoms with Crippen molar-refractivity contribution in [3.63, 3.8) is 0 Å². The topological polar surface area (TPSA) is 101 Å². The number of carboxylic acids is 2. The summed E-state index contributed by atoms with van der Waals surface area (Å²) in [4.78, 5) is 20.6. The van der Waals surface area contributed by atoms with Crippen LogP contribution in [0.15, 0.2) is 0 Å². The summed E-state index contributed by atoms with van der Waals surface area (Å²) < 4.78 is 0. The van der Waals surface area contributed by atoms with Crippen molar-refractivity contribution in [2.24, 2.45) is 11.7 Å². The van der Waals surface area contributed by atoms with Crippen molar-refractivity contribution < 1.29 is 19.8 Å². The summed E-state index contributed by atoms with van der Waals surface area (Å²) in [6, 6.07) is 0. The number of aliphatic carboxylic acids is 2. The molecule has 1 aliphatic rings. The molecule has 1 fully saturated rings. The van der Waals surface area contributed by atoms with Crippen LogP contribution in [0.3, 0.4) is 0 Å².